The highest BCUT2D eigenvalue weighted by Gasteiger charge is 2.29. The monoisotopic (exact) mass is 407 g/mol. The molecule has 2 fully saturated rings. The first-order valence-electron chi connectivity index (χ1n) is 10.8. The fourth-order valence-corrected chi connectivity index (χ4v) is 5.16. The van der Waals surface area contributed by atoms with Gasteiger partial charge in [0, 0.05) is 17.8 Å². The maximum absolute atomic E-state index is 5.74. The molecule has 0 aromatic carbocycles. The fraction of sp³-hybridized carbons (Fsp3) is 0.810. The Morgan fingerprint density at radius 2 is 2.11 bits per heavy atom. The molecule has 158 valence electrons. The van der Waals surface area contributed by atoms with Gasteiger partial charge in [0.2, 0.25) is 5.89 Å². The van der Waals surface area contributed by atoms with Crippen molar-refractivity contribution >= 4 is 17.7 Å². The van der Waals surface area contributed by atoms with Crippen LogP contribution in [0.25, 0.3) is 0 Å². The van der Waals surface area contributed by atoms with Crippen molar-refractivity contribution in [1.29, 1.82) is 0 Å². The van der Waals surface area contributed by atoms with Crippen molar-refractivity contribution in [1.82, 2.24) is 20.5 Å². The molecule has 1 aromatic rings. The van der Waals surface area contributed by atoms with E-state index in [2.05, 4.69) is 46.1 Å². The lowest BCUT2D eigenvalue weighted by Gasteiger charge is -2.31. The maximum atomic E-state index is 5.74. The van der Waals surface area contributed by atoms with Crippen molar-refractivity contribution < 1.29 is 4.42 Å². The molecule has 7 heteroatoms. The van der Waals surface area contributed by atoms with Crippen LogP contribution in [0.1, 0.15) is 56.9 Å². The van der Waals surface area contributed by atoms with Gasteiger partial charge >= 0.3 is 0 Å². The number of hydrogen-bond donors (Lipinski definition) is 2. The number of thioether (sulfide) groups is 1. The van der Waals surface area contributed by atoms with Gasteiger partial charge in [0.25, 0.3) is 0 Å². The Kier molecular flexibility index (Phi) is 7.69. The average molecular weight is 408 g/mol. The maximum Gasteiger partial charge on any atom is 0.208 e. The molecule has 3 heterocycles. The first kappa shape index (κ1) is 21.5. The lowest BCUT2D eigenvalue weighted by Crippen LogP contribution is -2.43. The second-order valence-electron chi connectivity index (χ2n) is 8.45. The summed E-state index contributed by atoms with van der Waals surface area (Å²) in [6.07, 6.45) is 5.02. The van der Waals surface area contributed by atoms with Gasteiger partial charge in [0.1, 0.15) is 5.76 Å². The molecule has 1 aromatic heterocycles. The van der Waals surface area contributed by atoms with Crippen LogP contribution in [0.3, 0.4) is 0 Å². The van der Waals surface area contributed by atoms with E-state index in [1.165, 1.54) is 31.4 Å². The zero-order chi connectivity index (χ0) is 20.0. The van der Waals surface area contributed by atoms with Crippen molar-refractivity contribution in [2.24, 2.45) is 10.9 Å². The van der Waals surface area contributed by atoms with E-state index < -0.39 is 0 Å². The van der Waals surface area contributed by atoms with Crippen LogP contribution in [0.4, 0.5) is 0 Å². The molecule has 0 amide bonds. The van der Waals surface area contributed by atoms with Gasteiger partial charge in [-0.1, -0.05) is 0 Å². The number of nitrogens with zero attached hydrogens (tertiary/aromatic N) is 3. The van der Waals surface area contributed by atoms with E-state index in [0.717, 1.165) is 62.6 Å². The van der Waals surface area contributed by atoms with Crippen LogP contribution in [0.5, 0.6) is 0 Å². The Balaban J connectivity index is 1.41. The fourth-order valence-electron chi connectivity index (χ4n) is 3.94. The summed E-state index contributed by atoms with van der Waals surface area (Å²) < 4.78 is 6.06. The molecule has 0 bridgehead atoms. The number of likely N-dealkylation sites (tertiary alicyclic amines) is 1. The number of hydrogen-bond acceptors (Lipinski definition) is 5. The molecule has 0 aliphatic carbocycles. The largest absolute Gasteiger partial charge is 0.444 e. The van der Waals surface area contributed by atoms with Gasteiger partial charge < -0.3 is 15.1 Å². The normalized spacial score (nSPS) is 24.6. The van der Waals surface area contributed by atoms with E-state index in [9.17, 15) is 0 Å². The van der Waals surface area contributed by atoms with E-state index in [1.807, 2.05) is 13.8 Å². The quantitative estimate of drug-likeness (QED) is 0.534. The minimum atomic E-state index is 0.324. The highest BCUT2D eigenvalue weighted by Crippen LogP contribution is 2.37. The van der Waals surface area contributed by atoms with E-state index in [4.69, 9.17) is 9.41 Å². The molecule has 28 heavy (non-hydrogen) atoms. The molecule has 1 atom stereocenters. The molecule has 1 unspecified atom stereocenters. The molecule has 0 spiro atoms. The predicted octanol–water partition coefficient (Wildman–Crippen LogP) is 3.34. The predicted molar refractivity (Wildman–Crippen MR) is 118 cm³/mol. The van der Waals surface area contributed by atoms with Gasteiger partial charge in [0.15, 0.2) is 5.96 Å². The van der Waals surface area contributed by atoms with Crippen LogP contribution in [0.15, 0.2) is 9.41 Å². The minimum Gasteiger partial charge on any atom is -0.444 e. The summed E-state index contributed by atoms with van der Waals surface area (Å²) in [7, 11) is 0. The van der Waals surface area contributed by atoms with Crippen LogP contribution in [-0.4, -0.2) is 59.1 Å². The lowest BCUT2D eigenvalue weighted by molar-refractivity contribution is 0.164. The standard InChI is InChI=1S/C21H37N5OS/c1-5-22-20(24-15-21(4)9-6-12-28-21)23-13-18-7-10-26(11-8-18)14-19-25-16(2)17(3)27-19/h18H,5-15H2,1-4H3,(H2,22,23,24). The number of aliphatic imine (C=N–C) groups is 1. The minimum absolute atomic E-state index is 0.324. The molecule has 0 saturated carbocycles. The number of aryl methyl sites for hydroxylation is 2. The SMILES string of the molecule is CCNC(=NCC1(C)CCCS1)NCC1CCN(Cc2nc(C)c(C)o2)CC1. The van der Waals surface area contributed by atoms with Crippen molar-refractivity contribution in [3.05, 3.63) is 17.3 Å². The van der Waals surface area contributed by atoms with Gasteiger partial charge in [-0.15, -0.1) is 0 Å². The molecule has 2 aliphatic heterocycles. The summed E-state index contributed by atoms with van der Waals surface area (Å²) in [4.78, 5) is 11.8. The summed E-state index contributed by atoms with van der Waals surface area (Å²) in [6.45, 7) is 14.3. The van der Waals surface area contributed by atoms with Crippen molar-refractivity contribution in [2.75, 3.05) is 38.5 Å². The summed E-state index contributed by atoms with van der Waals surface area (Å²) >= 11 is 2.07. The van der Waals surface area contributed by atoms with Crippen LogP contribution in [-0.2, 0) is 6.54 Å². The number of aromatic nitrogens is 1. The Morgan fingerprint density at radius 1 is 1.32 bits per heavy atom. The topological polar surface area (TPSA) is 65.7 Å². The summed E-state index contributed by atoms with van der Waals surface area (Å²) in [6, 6.07) is 0. The van der Waals surface area contributed by atoms with E-state index in [1.54, 1.807) is 0 Å². The smallest absolute Gasteiger partial charge is 0.208 e. The molecule has 2 saturated heterocycles. The molecule has 6 nitrogen and oxygen atoms in total. The highest BCUT2D eigenvalue weighted by atomic mass is 32.2. The Morgan fingerprint density at radius 3 is 2.71 bits per heavy atom. The van der Waals surface area contributed by atoms with Gasteiger partial charge in [-0.05, 0) is 78.1 Å². The van der Waals surface area contributed by atoms with Gasteiger partial charge in [-0.3, -0.25) is 9.89 Å². The first-order valence-corrected chi connectivity index (χ1v) is 11.8. The number of guanidine groups is 1. The van der Waals surface area contributed by atoms with Crippen molar-refractivity contribution in [3.8, 4) is 0 Å². The third kappa shape index (κ3) is 6.14. The molecule has 3 rings (SSSR count). The molecule has 2 N–H and O–H groups in total. The summed E-state index contributed by atoms with van der Waals surface area (Å²) in [5.41, 5.74) is 1.01. The van der Waals surface area contributed by atoms with Gasteiger partial charge in [0.05, 0.1) is 18.8 Å². The van der Waals surface area contributed by atoms with Crippen molar-refractivity contribution in [2.45, 2.75) is 64.7 Å². The average Bonchev–Trinajstić information content (AvgIpc) is 3.24. The molecular formula is C21H37N5OS. The van der Waals surface area contributed by atoms with Crippen LogP contribution in [0, 0.1) is 19.8 Å². The lowest BCUT2D eigenvalue weighted by atomic mass is 9.97. The van der Waals surface area contributed by atoms with E-state index in [0.29, 0.717) is 10.7 Å². The highest BCUT2D eigenvalue weighted by molar-refractivity contribution is 8.00. The molecule has 0 radical (unpaired) electrons. The van der Waals surface area contributed by atoms with Crippen LogP contribution >= 0.6 is 11.8 Å². The molecular weight excluding hydrogens is 370 g/mol. The Bertz CT molecular complexity index is 626. The molecule has 2 aliphatic rings. The Labute approximate surface area is 174 Å². The number of piperidine rings is 1. The second kappa shape index (κ2) is 10.0. The van der Waals surface area contributed by atoms with Crippen LogP contribution in [0.2, 0.25) is 0 Å². The third-order valence-electron chi connectivity index (χ3n) is 5.91. The summed E-state index contributed by atoms with van der Waals surface area (Å²) in [5, 5.41) is 7.00. The number of nitrogens with one attached hydrogen (secondary N) is 2. The first-order chi connectivity index (χ1) is 13.5. The number of rotatable bonds is 7. The van der Waals surface area contributed by atoms with Gasteiger partial charge in [-0.25, -0.2) is 4.98 Å². The van der Waals surface area contributed by atoms with Gasteiger partial charge in [-0.2, -0.15) is 11.8 Å². The van der Waals surface area contributed by atoms with E-state index >= 15 is 0 Å². The third-order valence-corrected chi connectivity index (χ3v) is 7.44. The van der Waals surface area contributed by atoms with Crippen LogP contribution < -0.4 is 10.6 Å². The zero-order valence-electron chi connectivity index (χ0n) is 18.0. The van der Waals surface area contributed by atoms with E-state index in [-0.39, 0.29) is 0 Å². The van der Waals surface area contributed by atoms with Crippen molar-refractivity contribution in [3.63, 3.8) is 0 Å². The summed E-state index contributed by atoms with van der Waals surface area (Å²) in [5.74, 6) is 4.75. The second-order valence-corrected chi connectivity index (χ2v) is 10.1. The number of oxazole rings is 1. The Hall–Kier alpha value is -1.21. The zero-order valence-corrected chi connectivity index (χ0v) is 18.8.